The van der Waals surface area contributed by atoms with Crippen molar-refractivity contribution in [1.82, 2.24) is 24.6 Å². The molecule has 5 rings (SSSR count). The molecule has 1 aliphatic carbocycles. The summed E-state index contributed by atoms with van der Waals surface area (Å²) in [7, 11) is 0. The maximum atomic E-state index is 14.9. The Balaban J connectivity index is 1.58. The molecular formula is C20H13ClF2N6O. The van der Waals surface area contributed by atoms with E-state index in [0.29, 0.717) is 27.8 Å². The third-order valence-corrected chi connectivity index (χ3v) is 5.42. The van der Waals surface area contributed by atoms with Crippen LogP contribution in [0.5, 0.6) is 0 Å². The summed E-state index contributed by atoms with van der Waals surface area (Å²) in [5.41, 5.74) is 1.91. The van der Waals surface area contributed by atoms with Crippen LogP contribution in [0.15, 0.2) is 24.8 Å². The van der Waals surface area contributed by atoms with Crippen LogP contribution in [0.4, 0.5) is 14.6 Å². The number of aromatic amines is 1. The molecule has 1 aliphatic rings. The van der Waals surface area contributed by atoms with Crippen molar-refractivity contribution >= 4 is 39.9 Å². The highest BCUT2D eigenvalue weighted by atomic mass is 35.5. The molecule has 1 amide bonds. The number of hydrogen-bond donors (Lipinski definition) is 2. The van der Waals surface area contributed by atoms with Crippen molar-refractivity contribution in [3.8, 4) is 23.6 Å². The van der Waals surface area contributed by atoms with Gasteiger partial charge in [-0.3, -0.25) is 14.9 Å². The second-order valence-electron chi connectivity index (χ2n) is 7.03. The van der Waals surface area contributed by atoms with E-state index < -0.39 is 23.8 Å². The zero-order chi connectivity index (χ0) is 21.0. The quantitative estimate of drug-likeness (QED) is 0.489. The van der Waals surface area contributed by atoms with Gasteiger partial charge in [0.2, 0.25) is 5.91 Å². The number of anilines is 1. The third-order valence-electron chi connectivity index (χ3n) is 5.06. The van der Waals surface area contributed by atoms with Gasteiger partial charge in [0, 0.05) is 29.1 Å². The van der Waals surface area contributed by atoms with Gasteiger partial charge in [0.1, 0.15) is 12.0 Å². The summed E-state index contributed by atoms with van der Waals surface area (Å²) in [4.78, 5) is 20.5. The van der Waals surface area contributed by atoms with Crippen molar-refractivity contribution in [2.45, 2.75) is 19.0 Å². The minimum Gasteiger partial charge on any atom is -0.309 e. The number of imidazole rings is 1. The number of rotatable bonds is 4. The first-order valence-electron chi connectivity index (χ1n) is 9.04. The molecule has 2 atom stereocenters. The largest absolute Gasteiger partial charge is 0.309 e. The topological polar surface area (TPSA) is 88.0 Å². The predicted molar refractivity (Wildman–Crippen MR) is 107 cm³/mol. The zero-order valence-corrected chi connectivity index (χ0v) is 16.0. The molecule has 0 spiro atoms. The van der Waals surface area contributed by atoms with Crippen LogP contribution in [0, 0.1) is 24.1 Å². The SMILES string of the molecule is C#CCc1c(F)c(Cl)c(-c2cn3cc(NC(=O)[C@@H]4C[C@@H]4F)nc3cn2)c2cn[nH]c12. The Morgan fingerprint density at radius 3 is 2.97 bits per heavy atom. The molecule has 0 saturated heterocycles. The van der Waals surface area contributed by atoms with Crippen LogP contribution < -0.4 is 5.32 Å². The molecule has 1 saturated carbocycles. The Morgan fingerprint density at radius 2 is 2.23 bits per heavy atom. The van der Waals surface area contributed by atoms with Crippen molar-refractivity contribution in [3.63, 3.8) is 0 Å². The first kappa shape index (κ1) is 18.5. The summed E-state index contributed by atoms with van der Waals surface area (Å²) in [6.07, 6.45) is 10.7. The molecule has 1 aromatic carbocycles. The number of terminal acetylenes is 1. The van der Waals surface area contributed by atoms with Crippen LogP contribution in [-0.2, 0) is 11.2 Å². The fraction of sp³-hybridized carbons (Fsp3) is 0.200. The number of nitrogens with zero attached hydrogens (tertiary/aromatic N) is 4. The molecule has 3 aromatic heterocycles. The highest BCUT2D eigenvalue weighted by Crippen LogP contribution is 2.38. The van der Waals surface area contributed by atoms with Gasteiger partial charge < -0.3 is 9.72 Å². The minimum atomic E-state index is -1.10. The number of benzene rings is 1. The lowest BCUT2D eigenvalue weighted by molar-refractivity contribution is -0.117. The molecule has 3 heterocycles. The summed E-state index contributed by atoms with van der Waals surface area (Å²) in [6.45, 7) is 0. The Morgan fingerprint density at radius 1 is 1.43 bits per heavy atom. The fourth-order valence-electron chi connectivity index (χ4n) is 3.44. The van der Waals surface area contributed by atoms with Crippen LogP contribution >= 0.6 is 11.6 Å². The van der Waals surface area contributed by atoms with E-state index in [1.165, 1.54) is 12.4 Å². The van der Waals surface area contributed by atoms with Crippen LogP contribution in [0.2, 0.25) is 5.02 Å². The van der Waals surface area contributed by atoms with Crippen LogP contribution in [-0.4, -0.2) is 36.6 Å². The van der Waals surface area contributed by atoms with Gasteiger partial charge in [-0.25, -0.2) is 13.8 Å². The fourth-order valence-corrected chi connectivity index (χ4v) is 3.75. The van der Waals surface area contributed by atoms with Crippen LogP contribution in [0.3, 0.4) is 0 Å². The van der Waals surface area contributed by atoms with E-state index >= 15 is 0 Å². The van der Waals surface area contributed by atoms with Gasteiger partial charge in [-0.1, -0.05) is 11.6 Å². The monoisotopic (exact) mass is 426 g/mol. The van der Waals surface area contributed by atoms with E-state index in [4.69, 9.17) is 18.0 Å². The molecule has 4 aromatic rings. The Kier molecular flexibility index (Phi) is 4.18. The number of amides is 1. The minimum absolute atomic E-state index is 0.0578. The number of alkyl halides is 1. The van der Waals surface area contributed by atoms with E-state index in [-0.39, 0.29) is 29.2 Å². The highest BCUT2D eigenvalue weighted by Gasteiger charge is 2.43. The van der Waals surface area contributed by atoms with Crippen molar-refractivity contribution in [2.75, 3.05) is 5.32 Å². The smallest absolute Gasteiger partial charge is 0.231 e. The molecule has 10 heteroatoms. The normalized spacial score (nSPS) is 17.9. The number of H-pyrrole nitrogens is 1. The second-order valence-corrected chi connectivity index (χ2v) is 7.41. The Labute approximate surface area is 173 Å². The molecule has 7 nitrogen and oxygen atoms in total. The Hall–Kier alpha value is -3.51. The van der Waals surface area contributed by atoms with Gasteiger partial charge in [-0.05, 0) is 6.42 Å². The average Bonchev–Trinajstić information content (AvgIpc) is 3.11. The number of fused-ring (bicyclic) bond motifs is 2. The summed E-state index contributed by atoms with van der Waals surface area (Å²) in [5.74, 6) is 1.02. The van der Waals surface area contributed by atoms with Gasteiger partial charge in [0.15, 0.2) is 11.5 Å². The summed E-state index contributed by atoms with van der Waals surface area (Å²) in [6, 6.07) is 0. The van der Waals surface area contributed by atoms with E-state index in [9.17, 15) is 13.6 Å². The predicted octanol–water partition coefficient (Wildman–Crippen LogP) is 3.54. The Bertz CT molecular complexity index is 1370. The molecule has 2 N–H and O–H groups in total. The van der Waals surface area contributed by atoms with E-state index in [0.717, 1.165) is 0 Å². The van der Waals surface area contributed by atoms with Gasteiger partial charge in [-0.2, -0.15) is 5.10 Å². The van der Waals surface area contributed by atoms with Crippen LogP contribution in [0.25, 0.3) is 27.8 Å². The lowest BCUT2D eigenvalue weighted by Gasteiger charge is -2.10. The standard InChI is InChI=1S/C20H13ClF2N6O/c1-2-3-9-18(23)17(21)16(11-5-25-28-19(9)11)13-7-29-8-14(26-15(29)6-24-13)27-20(30)10-4-12(10)22/h1,5-8,10,12H,3-4H2,(H,25,28)(H,27,30)/t10-,12+/m1/s1. The van der Waals surface area contributed by atoms with Gasteiger partial charge >= 0.3 is 0 Å². The molecule has 30 heavy (non-hydrogen) atoms. The number of halogens is 3. The first-order valence-corrected chi connectivity index (χ1v) is 9.42. The molecule has 0 unspecified atom stereocenters. The average molecular weight is 427 g/mol. The van der Waals surface area contributed by atoms with Crippen molar-refractivity contribution < 1.29 is 13.6 Å². The van der Waals surface area contributed by atoms with Crippen molar-refractivity contribution in [3.05, 3.63) is 41.2 Å². The molecule has 1 fully saturated rings. The first-order chi connectivity index (χ1) is 14.5. The maximum absolute atomic E-state index is 14.9. The van der Waals surface area contributed by atoms with Crippen molar-refractivity contribution in [1.29, 1.82) is 0 Å². The lowest BCUT2D eigenvalue weighted by Crippen LogP contribution is -2.15. The highest BCUT2D eigenvalue weighted by molar-refractivity contribution is 6.35. The summed E-state index contributed by atoms with van der Waals surface area (Å²) >= 11 is 6.34. The van der Waals surface area contributed by atoms with Gasteiger partial charge in [0.25, 0.3) is 0 Å². The zero-order valence-electron chi connectivity index (χ0n) is 15.3. The number of carbonyl (C=O) groups is 1. The maximum Gasteiger partial charge on any atom is 0.231 e. The van der Waals surface area contributed by atoms with Crippen LogP contribution in [0.1, 0.15) is 12.0 Å². The number of nitrogens with one attached hydrogen (secondary N) is 2. The van der Waals surface area contributed by atoms with E-state index in [2.05, 4.69) is 31.4 Å². The lowest BCUT2D eigenvalue weighted by atomic mass is 10.0. The second kappa shape index (κ2) is 6.78. The van der Waals surface area contributed by atoms with Gasteiger partial charge in [0.05, 0.1) is 40.7 Å². The van der Waals surface area contributed by atoms with E-state index in [1.54, 1.807) is 16.8 Å². The summed E-state index contributed by atoms with van der Waals surface area (Å²) < 4.78 is 29.6. The number of hydrogen-bond acceptors (Lipinski definition) is 4. The van der Waals surface area contributed by atoms with E-state index in [1.807, 2.05) is 0 Å². The number of aromatic nitrogens is 5. The van der Waals surface area contributed by atoms with Gasteiger partial charge in [-0.15, -0.1) is 12.3 Å². The molecule has 0 bridgehead atoms. The molecule has 0 radical (unpaired) electrons. The molecular weight excluding hydrogens is 414 g/mol. The molecule has 150 valence electrons. The number of carbonyl (C=O) groups excluding carboxylic acids is 1. The third kappa shape index (κ3) is 2.88. The summed E-state index contributed by atoms with van der Waals surface area (Å²) in [5, 5.41) is 9.82. The van der Waals surface area contributed by atoms with Crippen molar-refractivity contribution in [2.24, 2.45) is 5.92 Å². The molecule has 0 aliphatic heterocycles.